The van der Waals surface area contributed by atoms with Crippen LogP contribution in [0.3, 0.4) is 0 Å². The van der Waals surface area contributed by atoms with Crippen LogP contribution in [0.15, 0.2) is 23.6 Å². The molecule has 1 rings (SSSR count). The minimum atomic E-state index is -0.309. The van der Waals surface area contributed by atoms with Gasteiger partial charge in [0.2, 0.25) is 0 Å². The first-order chi connectivity index (χ1) is 8.82. The van der Waals surface area contributed by atoms with Gasteiger partial charge in [0.05, 0.1) is 18.4 Å². The van der Waals surface area contributed by atoms with Crippen LogP contribution in [0.25, 0.3) is 0 Å². The van der Waals surface area contributed by atoms with Crippen molar-refractivity contribution in [3.8, 4) is 0 Å². The summed E-state index contributed by atoms with van der Waals surface area (Å²) in [7, 11) is 1.87. The lowest BCUT2D eigenvalue weighted by Gasteiger charge is -2.30. The molecule has 0 saturated carbocycles. The molecule has 1 aromatic rings. The van der Waals surface area contributed by atoms with Crippen LogP contribution in [0.5, 0.6) is 0 Å². The molecule has 0 radical (unpaired) electrons. The van der Waals surface area contributed by atoms with E-state index in [9.17, 15) is 4.79 Å². The highest BCUT2D eigenvalue weighted by Crippen LogP contribution is 2.23. The van der Waals surface area contributed by atoms with Crippen molar-refractivity contribution in [2.75, 3.05) is 25.0 Å². The number of anilines is 1. The fourth-order valence-electron chi connectivity index (χ4n) is 1.77. The Morgan fingerprint density at radius 1 is 1.63 bits per heavy atom. The zero-order valence-corrected chi connectivity index (χ0v) is 12.4. The number of halogens is 1. The Bertz CT molecular complexity index is 510. The van der Waals surface area contributed by atoms with Crippen molar-refractivity contribution >= 4 is 17.3 Å². The average molecular weight is 285 g/mol. The molecule has 19 heavy (non-hydrogen) atoms. The Kier molecular flexibility index (Phi) is 5.14. The summed E-state index contributed by atoms with van der Waals surface area (Å²) in [5.74, 6) is 0. The van der Waals surface area contributed by atoms with Gasteiger partial charge >= 0.3 is 0 Å². The van der Waals surface area contributed by atoms with E-state index in [0.29, 0.717) is 25.3 Å². The van der Waals surface area contributed by atoms with Crippen LogP contribution < -0.4 is 16.2 Å². The summed E-state index contributed by atoms with van der Waals surface area (Å²) in [6, 6.07) is 0. The van der Waals surface area contributed by atoms with Crippen molar-refractivity contribution in [2.24, 2.45) is 11.1 Å². The summed E-state index contributed by atoms with van der Waals surface area (Å²) in [6.07, 6.45) is 3.20. The predicted molar refractivity (Wildman–Crippen MR) is 79.8 cm³/mol. The molecule has 0 aliphatic carbocycles. The molecule has 0 unspecified atom stereocenters. The van der Waals surface area contributed by atoms with Crippen molar-refractivity contribution in [2.45, 2.75) is 20.4 Å². The molecule has 5 nitrogen and oxygen atoms in total. The summed E-state index contributed by atoms with van der Waals surface area (Å²) in [4.78, 5) is 13.9. The SMILES string of the molecule is C=CCn1ncc(N(C)CC(C)(C)CN)c(Cl)c1=O. The number of aromatic nitrogens is 2. The Morgan fingerprint density at radius 3 is 2.79 bits per heavy atom. The van der Waals surface area contributed by atoms with E-state index in [0.717, 1.165) is 0 Å². The fraction of sp³-hybridized carbons (Fsp3) is 0.538. The smallest absolute Gasteiger partial charge is 0.287 e. The first-order valence-corrected chi connectivity index (χ1v) is 6.48. The summed E-state index contributed by atoms with van der Waals surface area (Å²) >= 11 is 6.12. The lowest BCUT2D eigenvalue weighted by Crippen LogP contribution is -2.38. The minimum absolute atomic E-state index is 0.0615. The number of hydrogen-bond donors (Lipinski definition) is 1. The maximum Gasteiger partial charge on any atom is 0.287 e. The molecule has 2 N–H and O–H groups in total. The fourth-order valence-corrected chi connectivity index (χ4v) is 2.06. The maximum absolute atomic E-state index is 12.0. The van der Waals surface area contributed by atoms with Crippen molar-refractivity contribution in [1.29, 1.82) is 0 Å². The number of rotatable bonds is 6. The molecule has 0 fully saturated rings. The van der Waals surface area contributed by atoms with Crippen LogP contribution >= 0.6 is 11.6 Å². The van der Waals surface area contributed by atoms with Crippen LogP contribution in [0.1, 0.15) is 13.8 Å². The maximum atomic E-state index is 12.0. The van der Waals surface area contributed by atoms with E-state index in [1.54, 1.807) is 12.3 Å². The molecule has 0 spiro atoms. The summed E-state index contributed by atoms with van der Waals surface area (Å²) in [6.45, 7) is 9.28. The molecule has 0 bridgehead atoms. The van der Waals surface area contributed by atoms with Crippen molar-refractivity contribution in [1.82, 2.24) is 9.78 Å². The van der Waals surface area contributed by atoms with Gasteiger partial charge in [0, 0.05) is 13.6 Å². The highest BCUT2D eigenvalue weighted by molar-refractivity contribution is 6.33. The average Bonchev–Trinajstić information content (AvgIpc) is 2.34. The Hall–Kier alpha value is -1.33. The second kappa shape index (κ2) is 6.21. The van der Waals surface area contributed by atoms with Gasteiger partial charge in [-0.05, 0) is 12.0 Å². The van der Waals surface area contributed by atoms with Crippen LogP contribution in [0, 0.1) is 5.41 Å². The van der Waals surface area contributed by atoms with E-state index in [2.05, 4.69) is 25.5 Å². The first kappa shape index (κ1) is 15.7. The van der Waals surface area contributed by atoms with Crippen LogP contribution in [0.2, 0.25) is 5.02 Å². The van der Waals surface area contributed by atoms with Crippen LogP contribution in [0.4, 0.5) is 5.69 Å². The van der Waals surface area contributed by atoms with E-state index < -0.39 is 0 Å². The van der Waals surface area contributed by atoms with Gasteiger partial charge in [-0.1, -0.05) is 31.5 Å². The molecule has 6 heteroatoms. The van der Waals surface area contributed by atoms with E-state index in [1.807, 2.05) is 11.9 Å². The highest BCUT2D eigenvalue weighted by atomic mass is 35.5. The lowest BCUT2D eigenvalue weighted by molar-refractivity contribution is 0.385. The third kappa shape index (κ3) is 3.81. The third-order valence-electron chi connectivity index (χ3n) is 2.90. The van der Waals surface area contributed by atoms with Crippen molar-refractivity contribution in [3.05, 3.63) is 34.2 Å². The van der Waals surface area contributed by atoms with Gasteiger partial charge in [-0.25, -0.2) is 4.68 Å². The largest absolute Gasteiger partial charge is 0.371 e. The van der Waals surface area contributed by atoms with Crippen molar-refractivity contribution in [3.63, 3.8) is 0 Å². The van der Waals surface area contributed by atoms with E-state index in [4.69, 9.17) is 17.3 Å². The molecular weight excluding hydrogens is 264 g/mol. The molecule has 0 amide bonds. The Labute approximate surface area is 118 Å². The number of nitrogens with zero attached hydrogens (tertiary/aromatic N) is 3. The number of hydrogen-bond acceptors (Lipinski definition) is 4. The second-order valence-corrected chi connectivity index (χ2v) is 5.72. The monoisotopic (exact) mass is 284 g/mol. The molecule has 1 aromatic heterocycles. The van der Waals surface area contributed by atoms with Gasteiger partial charge in [0.1, 0.15) is 5.02 Å². The van der Waals surface area contributed by atoms with Gasteiger partial charge in [-0.2, -0.15) is 5.10 Å². The molecule has 0 aliphatic heterocycles. The molecule has 106 valence electrons. The molecule has 0 aromatic carbocycles. The molecule has 0 saturated heterocycles. The minimum Gasteiger partial charge on any atom is -0.371 e. The number of allylic oxidation sites excluding steroid dienone is 1. The Balaban J connectivity index is 3.05. The van der Waals surface area contributed by atoms with Crippen LogP contribution in [-0.4, -0.2) is 29.9 Å². The predicted octanol–water partition coefficient (Wildman–Crippen LogP) is 1.50. The lowest BCUT2D eigenvalue weighted by atomic mass is 9.93. The molecule has 0 aliphatic rings. The normalized spacial score (nSPS) is 11.4. The van der Waals surface area contributed by atoms with E-state index in [1.165, 1.54) is 4.68 Å². The molecule has 1 heterocycles. The Morgan fingerprint density at radius 2 is 2.26 bits per heavy atom. The zero-order valence-electron chi connectivity index (χ0n) is 11.7. The van der Waals surface area contributed by atoms with E-state index in [-0.39, 0.29) is 16.0 Å². The van der Waals surface area contributed by atoms with Gasteiger partial charge in [0.25, 0.3) is 5.56 Å². The van der Waals surface area contributed by atoms with Gasteiger partial charge in [0.15, 0.2) is 0 Å². The highest BCUT2D eigenvalue weighted by Gasteiger charge is 2.21. The topological polar surface area (TPSA) is 64.2 Å². The second-order valence-electron chi connectivity index (χ2n) is 5.34. The van der Waals surface area contributed by atoms with Crippen molar-refractivity contribution < 1.29 is 0 Å². The quantitative estimate of drug-likeness (QED) is 0.804. The molecule has 0 atom stereocenters. The van der Waals surface area contributed by atoms with E-state index >= 15 is 0 Å². The van der Waals surface area contributed by atoms with Gasteiger partial charge in [-0.15, -0.1) is 6.58 Å². The summed E-state index contributed by atoms with van der Waals surface area (Å²) in [5.41, 5.74) is 5.96. The first-order valence-electron chi connectivity index (χ1n) is 6.10. The van der Waals surface area contributed by atoms with Gasteiger partial charge in [-0.3, -0.25) is 4.79 Å². The van der Waals surface area contributed by atoms with Gasteiger partial charge < -0.3 is 10.6 Å². The summed E-state index contributed by atoms with van der Waals surface area (Å²) < 4.78 is 1.28. The zero-order chi connectivity index (χ0) is 14.6. The summed E-state index contributed by atoms with van der Waals surface area (Å²) in [5, 5.41) is 4.25. The van der Waals surface area contributed by atoms with Crippen LogP contribution in [-0.2, 0) is 6.54 Å². The standard InChI is InChI=1S/C13H21ClN4O/c1-5-6-18-12(19)11(14)10(7-16-18)17(4)9-13(2,3)8-15/h5,7H,1,6,8-9,15H2,2-4H3. The molecular formula is C13H21ClN4O. The third-order valence-corrected chi connectivity index (χ3v) is 3.25. The number of nitrogens with two attached hydrogens (primary N) is 1.